The molecule has 0 saturated heterocycles. The van der Waals surface area contributed by atoms with Crippen LogP contribution in [0, 0.1) is 0 Å². The number of ether oxygens (including phenoxy) is 1. The highest BCUT2D eigenvalue weighted by Crippen LogP contribution is 2.41. The van der Waals surface area contributed by atoms with Crippen LogP contribution < -0.4 is 4.74 Å². The molecule has 0 saturated carbocycles. The molecule has 148 valence electrons. The molecular formula is C17H8Cl5F3N2O. The SMILES string of the molecule is FC(F)(F)c1cnn(-c2c(Cl)cc(Cl)cc2Cl)c1OCc1c(Cl)cccc1Cl. The van der Waals surface area contributed by atoms with E-state index in [0.717, 1.165) is 4.68 Å². The van der Waals surface area contributed by atoms with Crippen LogP contribution in [0.15, 0.2) is 36.5 Å². The fraction of sp³-hybridized carbons (Fsp3) is 0.118. The van der Waals surface area contributed by atoms with Gasteiger partial charge in [-0.3, -0.25) is 0 Å². The Morgan fingerprint density at radius 3 is 2.04 bits per heavy atom. The van der Waals surface area contributed by atoms with E-state index in [1.807, 2.05) is 0 Å². The summed E-state index contributed by atoms with van der Waals surface area (Å²) in [5, 5.41) is 4.45. The van der Waals surface area contributed by atoms with Gasteiger partial charge in [0.25, 0.3) is 0 Å². The first-order valence-corrected chi connectivity index (χ1v) is 9.34. The molecule has 11 heteroatoms. The van der Waals surface area contributed by atoms with E-state index in [0.29, 0.717) is 11.8 Å². The molecule has 0 aliphatic carbocycles. The second kappa shape index (κ2) is 8.20. The number of nitrogens with zero attached hydrogens (tertiary/aromatic N) is 2. The van der Waals surface area contributed by atoms with Crippen LogP contribution in [0.25, 0.3) is 5.69 Å². The molecule has 3 aromatic rings. The molecule has 0 N–H and O–H groups in total. The van der Waals surface area contributed by atoms with E-state index in [1.165, 1.54) is 12.1 Å². The van der Waals surface area contributed by atoms with Gasteiger partial charge < -0.3 is 4.74 Å². The highest BCUT2D eigenvalue weighted by Gasteiger charge is 2.38. The van der Waals surface area contributed by atoms with E-state index < -0.39 is 17.6 Å². The second-order valence-corrected chi connectivity index (χ2v) is 7.55. The van der Waals surface area contributed by atoms with Gasteiger partial charge in [0.15, 0.2) is 0 Å². The third-order valence-electron chi connectivity index (χ3n) is 3.64. The van der Waals surface area contributed by atoms with Crippen molar-refractivity contribution in [1.82, 2.24) is 9.78 Å². The lowest BCUT2D eigenvalue weighted by molar-refractivity contribution is -0.139. The van der Waals surface area contributed by atoms with Gasteiger partial charge in [-0.2, -0.15) is 23.0 Å². The average Bonchev–Trinajstić information content (AvgIpc) is 2.97. The fourth-order valence-corrected chi connectivity index (χ4v) is 3.86. The van der Waals surface area contributed by atoms with Crippen LogP contribution in [-0.4, -0.2) is 9.78 Å². The Kier molecular flexibility index (Phi) is 6.27. The van der Waals surface area contributed by atoms with Crippen molar-refractivity contribution >= 4 is 58.0 Å². The minimum Gasteiger partial charge on any atom is -0.472 e. The molecule has 0 fully saturated rings. The zero-order valence-electron chi connectivity index (χ0n) is 13.5. The van der Waals surface area contributed by atoms with Crippen LogP contribution in [0.3, 0.4) is 0 Å². The molecule has 0 unspecified atom stereocenters. The number of benzene rings is 2. The Morgan fingerprint density at radius 1 is 0.929 bits per heavy atom. The van der Waals surface area contributed by atoms with E-state index in [9.17, 15) is 13.2 Å². The predicted molar refractivity (Wildman–Crippen MR) is 104 cm³/mol. The zero-order chi connectivity index (χ0) is 20.6. The minimum atomic E-state index is -4.73. The summed E-state index contributed by atoms with van der Waals surface area (Å²) >= 11 is 30.2. The summed E-state index contributed by atoms with van der Waals surface area (Å²) in [6.07, 6.45) is -4.12. The molecule has 2 aromatic carbocycles. The van der Waals surface area contributed by atoms with Gasteiger partial charge in [-0.1, -0.05) is 64.1 Å². The monoisotopic (exact) mass is 488 g/mol. The van der Waals surface area contributed by atoms with Crippen molar-refractivity contribution in [2.75, 3.05) is 0 Å². The summed E-state index contributed by atoms with van der Waals surface area (Å²) in [5.41, 5.74) is -0.804. The number of rotatable bonds is 4. The molecule has 1 aromatic heterocycles. The highest BCUT2D eigenvalue weighted by atomic mass is 35.5. The first kappa shape index (κ1) is 21.4. The van der Waals surface area contributed by atoms with E-state index in [2.05, 4.69) is 5.10 Å². The number of hydrogen-bond donors (Lipinski definition) is 0. The van der Waals surface area contributed by atoms with Gasteiger partial charge in [-0.05, 0) is 24.3 Å². The Morgan fingerprint density at radius 2 is 1.50 bits per heavy atom. The van der Waals surface area contributed by atoms with Crippen LogP contribution in [0.5, 0.6) is 5.88 Å². The van der Waals surface area contributed by atoms with Crippen LogP contribution in [-0.2, 0) is 12.8 Å². The van der Waals surface area contributed by atoms with Crippen molar-refractivity contribution in [3.8, 4) is 11.6 Å². The molecule has 0 radical (unpaired) electrons. The maximum Gasteiger partial charge on any atom is 0.423 e. The molecule has 0 aliphatic rings. The van der Waals surface area contributed by atoms with E-state index in [4.69, 9.17) is 62.7 Å². The Bertz CT molecular complexity index is 993. The molecule has 0 amide bonds. The van der Waals surface area contributed by atoms with Crippen LogP contribution in [0.4, 0.5) is 13.2 Å². The summed E-state index contributed by atoms with van der Waals surface area (Å²) in [6.45, 7) is -0.337. The molecule has 1 heterocycles. The number of halogens is 8. The van der Waals surface area contributed by atoms with Gasteiger partial charge in [-0.25, -0.2) is 0 Å². The number of aromatic nitrogens is 2. The molecule has 3 rings (SSSR count). The first-order valence-electron chi connectivity index (χ1n) is 7.45. The topological polar surface area (TPSA) is 27.1 Å². The van der Waals surface area contributed by atoms with Gasteiger partial charge in [0.2, 0.25) is 5.88 Å². The van der Waals surface area contributed by atoms with Crippen molar-refractivity contribution in [3.63, 3.8) is 0 Å². The summed E-state index contributed by atoms with van der Waals surface area (Å²) < 4.78 is 46.7. The third-order valence-corrected chi connectivity index (χ3v) is 5.14. The lowest BCUT2D eigenvalue weighted by atomic mass is 10.2. The van der Waals surface area contributed by atoms with Gasteiger partial charge >= 0.3 is 6.18 Å². The molecule has 0 aliphatic heterocycles. The summed E-state index contributed by atoms with van der Waals surface area (Å²) in [6, 6.07) is 7.34. The lowest BCUT2D eigenvalue weighted by Gasteiger charge is -2.16. The van der Waals surface area contributed by atoms with Crippen molar-refractivity contribution in [2.24, 2.45) is 0 Å². The molecule has 3 nitrogen and oxygen atoms in total. The largest absolute Gasteiger partial charge is 0.472 e. The van der Waals surface area contributed by atoms with Crippen LogP contribution >= 0.6 is 58.0 Å². The Labute approximate surface area is 182 Å². The van der Waals surface area contributed by atoms with Crippen molar-refractivity contribution in [3.05, 3.63) is 72.8 Å². The predicted octanol–water partition coefficient (Wildman–Crippen LogP) is 7.74. The second-order valence-electron chi connectivity index (χ2n) is 5.48. The zero-order valence-corrected chi connectivity index (χ0v) is 17.3. The molecular weight excluding hydrogens is 482 g/mol. The average molecular weight is 491 g/mol. The van der Waals surface area contributed by atoms with Crippen molar-refractivity contribution < 1.29 is 17.9 Å². The minimum absolute atomic E-state index is 0.00468. The van der Waals surface area contributed by atoms with Crippen LogP contribution in [0.1, 0.15) is 11.1 Å². The normalized spacial score (nSPS) is 11.7. The number of hydrogen-bond acceptors (Lipinski definition) is 2. The quantitative estimate of drug-likeness (QED) is 0.374. The van der Waals surface area contributed by atoms with Crippen molar-refractivity contribution in [2.45, 2.75) is 12.8 Å². The maximum atomic E-state index is 13.5. The van der Waals surface area contributed by atoms with Crippen LogP contribution in [0.2, 0.25) is 25.1 Å². The third kappa shape index (κ3) is 4.31. The maximum absolute atomic E-state index is 13.5. The smallest absolute Gasteiger partial charge is 0.423 e. The van der Waals surface area contributed by atoms with Gasteiger partial charge in [0, 0.05) is 20.6 Å². The Balaban J connectivity index is 2.10. The van der Waals surface area contributed by atoms with Gasteiger partial charge in [0.1, 0.15) is 17.9 Å². The highest BCUT2D eigenvalue weighted by molar-refractivity contribution is 6.40. The van der Waals surface area contributed by atoms with Crippen molar-refractivity contribution in [1.29, 1.82) is 0 Å². The molecule has 0 atom stereocenters. The van der Waals surface area contributed by atoms with Gasteiger partial charge in [-0.15, -0.1) is 0 Å². The van der Waals surface area contributed by atoms with Gasteiger partial charge in [0.05, 0.1) is 16.2 Å². The molecule has 28 heavy (non-hydrogen) atoms. The fourth-order valence-electron chi connectivity index (χ4n) is 2.38. The lowest BCUT2D eigenvalue weighted by Crippen LogP contribution is -2.10. The number of alkyl halides is 3. The van der Waals surface area contributed by atoms with E-state index >= 15 is 0 Å². The van der Waals surface area contributed by atoms with E-state index in [-0.39, 0.29) is 37.4 Å². The molecule has 0 spiro atoms. The first-order chi connectivity index (χ1) is 13.1. The standard InChI is InChI=1S/C17H8Cl5F3N2O/c18-8-4-13(21)15(14(22)5-8)27-16(10(6-26-27)17(23,24)25)28-7-9-11(19)2-1-3-12(9)20/h1-6H,7H2. The van der Waals surface area contributed by atoms with E-state index in [1.54, 1.807) is 18.2 Å². The summed E-state index contributed by atoms with van der Waals surface area (Å²) in [4.78, 5) is 0. The molecule has 0 bridgehead atoms. The summed E-state index contributed by atoms with van der Waals surface area (Å²) in [5.74, 6) is -0.616. The Hall–Kier alpha value is -1.31. The summed E-state index contributed by atoms with van der Waals surface area (Å²) in [7, 11) is 0.